The number of benzene rings is 1. The molecule has 1 aliphatic carbocycles. The highest BCUT2D eigenvalue weighted by Crippen LogP contribution is 2.34. The fourth-order valence-electron chi connectivity index (χ4n) is 4.46. The Hall–Kier alpha value is -3.43. The number of carbonyl (C=O) groups is 2. The van der Waals surface area contributed by atoms with Crippen molar-refractivity contribution >= 4 is 11.8 Å². The van der Waals surface area contributed by atoms with E-state index in [1.54, 1.807) is 19.2 Å². The fraction of sp³-hybridized carbons (Fsp3) is 0.444. The van der Waals surface area contributed by atoms with Crippen molar-refractivity contribution in [3.63, 3.8) is 0 Å². The van der Waals surface area contributed by atoms with Crippen LogP contribution in [0.4, 0.5) is 0 Å². The quantitative estimate of drug-likeness (QED) is 0.278. The topological polar surface area (TPSA) is 133 Å². The van der Waals surface area contributed by atoms with Crippen molar-refractivity contribution < 1.29 is 24.2 Å². The molecule has 9 heteroatoms. The molecule has 2 amide bonds. The van der Waals surface area contributed by atoms with Crippen LogP contribution in [0.1, 0.15) is 48.7 Å². The van der Waals surface area contributed by atoms with Crippen LogP contribution in [0.5, 0.6) is 5.75 Å². The molecule has 9 nitrogen and oxygen atoms in total. The maximum Gasteiger partial charge on any atom is 0.268 e. The summed E-state index contributed by atoms with van der Waals surface area (Å²) in [6, 6.07) is 9.96. The molecule has 1 saturated heterocycles. The average molecular weight is 496 g/mol. The van der Waals surface area contributed by atoms with Gasteiger partial charge in [0.2, 0.25) is 11.5 Å². The average Bonchev–Trinajstić information content (AvgIpc) is 3.41. The molecular weight excluding hydrogens is 462 g/mol. The minimum Gasteiger partial charge on any atom is -0.497 e. The number of hydrogen-bond donors (Lipinski definition) is 4. The molecule has 4 N–H and O–H groups in total. The lowest BCUT2D eigenvalue weighted by Gasteiger charge is -2.29. The highest BCUT2D eigenvalue weighted by molar-refractivity contribution is 5.96. The summed E-state index contributed by atoms with van der Waals surface area (Å²) >= 11 is 0. The first-order chi connectivity index (χ1) is 17.3. The van der Waals surface area contributed by atoms with Gasteiger partial charge in [0.25, 0.3) is 5.91 Å². The minimum atomic E-state index is -0.949. The lowest BCUT2D eigenvalue weighted by atomic mass is 9.92. The SMILES string of the molecule is COc1ccc(CC(NC(=O)c2cccc(=O)[nH]2)C(=O)NC(CC2=CCCC2)C(O)C2(C)CO2)cc1. The molecule has 0 spiro atoms. The summed E-state index contributed by atoms with van der Waals surface area (Å²) in [5.74, 6) is -0.324. The zero-order chi connectivity index (χ0) is 25.7. The Bertz CT molecular complexity index is 1170. The van der Waals surface area contributed by atoms with E-state index in [9.17, 15) is 19.5 Å². The van der Waals surface area contributed by atoms with Gasteiger partial charge in [-0.2, -0.15) is 0 Å². The standard InChI is InChI=1S/C27H33N3O6/c1-27(16-36-27)24(32)21(14-17-6-3-4-7-17)29-26(34)22(15-18-10-12-19(35-2)13-11-18)30-25(33)20-8-5-9-23(31)28-20/h5-6,8-13,21-22,24,32H,3-4,7,14-16H2,1-2H3,(H,28,31)(H,29,34)(H,30,33). The third kappa shape index (κ3) is 6.41. The van der Waals surface area contributed by atoms with Crippen LogP contribution < -0.4 is 20.9 Å². The van der Waals surface area contributed by atoms with Crippen molar-refractivity contribution in [1.29, 1.82) is 0 Å². The number of carbonyl (C=O) groups excluding carboxylic acids is 2. The molecule has 0 radical (unpaired) electrons. The molecule has 36 heavy (non-hydrogen) atoms. The van der Waals surface area contributed by atoms with Gasteiger partial charge in [-0.05, 0) is 56.4 Å². The van der Waals surface area contributed by atoms with Gasteiger partial charge < -0.3 is 30.2 Å². The lowest BCUT2D eigenvalue weighted by Crippen LogP contribution is -2.55. The minimum absolute atomic E-state index is 0.0571. The summed E-state index contributed by atoms with van der Waals surface area (Å²) in [7, 11) is 1.57. The summed E-state index contributed by atoms with van der Waals surface area (Å²) in [5, 5.41) is 16.8. The molecule has 2 aliphatic rings. The monoisotopic (exact) mass is 495 g/mol. The van der Waals surface area contributed by atoms with E-state index in [4.69, 9.17) is 9.47 Å². The van der Waals surface area contributed by atoms with Crippen molar-refractivity contribution in [2.24, 2.45) is 0 Å². The Balaban J connectivity index is 1.54. The van der Waals surface area contributed by atoms with Gasteiger partial charge >= 0.3 is 0 Å². The van der Waals surface area contributed by atoms with Gasteiger partial charge in [0.15, 0.2) is 0 Å². The highest BCUT2D eigenvalue weighted by Gasteiger charge is 2.50. The first kappa shape index (κ1) is 25.7. The van der Waals surface area contributed by atoms with Gasteiger partial charge in [-0.15, -0.1) is 0 Å². The smallest absolute Gasteiger partial charge is 0.268 e. The number of rotatable bonds is 11. The molecule has 4 unspecified atom stereocenters. The van der Waals surface area contributed by atoms with Crippen LogP contribution in [0, 0.1) is 0 Å². The van der Waals surface area contributed by atoms with Crippen LogP contribution >= 0.6 is 0 Å². The molecule has 2 heterocycles. The second kappa shape index (κ2) is 11.1. The maximum absolute atomic E-state index is 13.5. The summed E-state index contributed by atoms with van der Waals surface area (Å²) in [6.45, 7) is 2.25. The summed E-state index contributed by atoms with van der Waals surface area (Å²) in [4.78, 5) is 40.6. The molecule has 4 atom stereocenters. The van der Waals surface area contributed by atoms with Crippen LogP contribution in [0.25, 0.3) is 0 Å². The van der Waals surface area contributed by atoms with Crippen LogP contribution in [0.15, 0.2) is 58.9 Å². The molecule has 1 aromatic heterocycles. The van der Waals surface area contributed by atoms with Gasteiger partial charge in [-0.25, -0.2) is 0 Å². The number of aliphatic hydroxyl groups excluding tert-OH is 1. The number of hydrogen-bond acceptors (Lipinski definition) is 6. The van der Waals surface area contributed by atoms with E-state index in [-0.39, 0.29) is 12.1 Å². The zero-order valence-electron chi connectivity index (χ0n) is 20.6. The number of aromatic nitrogens is 1. The highest BCUT2D eigenvalue weighted by atomic mass is 16.6. The Morgan fingerprint density at radius 2 is 1.92 bits per heavy atom. The van der Waals surface area contributed by atoms with Gasteiger partial charge in [0.1, 0.15) is 29.2 Å². The van der Waals surface area contributed by atoms with E-state index in [0.29, 0.717) is 18.8 Å². The molecule has 192 valence electrons. The van der Waals surface area contributed by atoms with Crippen molar-refractivity contribution in [1.82, 2.24) is 15.6 Å². The van der Waals surface area contributed by atoms with E-state index in [1.807, 2.05) is 19.1 Å². The van der Waals surface area contributed by atoms with E-state index in [2.05, 4.69) is 21.7 Å². The van der Waals surface area contributed by atoms with E-state index in [1.165, 1.54) is 23.8 Å². The molecule has 0 saturated carbocycles. The summed E-state index contributed by atoms with van der Waals surface area (Å²) in [5.41, 5.74) is 0.952. The lowest BCUT2D eigenvalue weighted by molar-refractivity contribution is -0.124. The van der Waals surface area contributed by atoms with E-state index >= 15 is 0 Å². The third-order valence-electron chi connectivity index (χ3n) is 6.78. The number of epoxide rings is 1. The number of H-pyrrole nitrogens is 1. The van der Waals surface area contributed by atoms with Crippen LogP contribution in [0.3, 0.4) is 0 Å². The molecule has 0 bridgehead atoms. The largest absolute Gasteiger partial charge is 0.497 e. The molecular formula is C27H33N3O6. The number of aliphatic hydroxyl groups is 1. The van der Waals surface area contributed by atoms with Crippen LogP contribution in [-0.2, 0) is 16.0 Å². The Kier molecular flexibility index (Phi) is 7.91. The molecule has 1 aromatic carbocycles. The van der Waals surface area contributed by atoms with Crippen LogP contribution in [-0.4, -0.2) is 59.4 Å². The molecule has 1 fully saturated rings. The predicted molar refractivity (Wildman–Crippen MR) is 134 cm³/mol. The van der Waals surface area contributed by atoms with Crippen molar-refractivity contribution in [3.05, 3.63) is 75.7 Å². The number of aromatic amines is 1. The normalized spacial score (nSPS) is 21.1. The predicted octanol–water partition coefficient (Wildman–Crippen LogP) is 1.86. The van der Waals surface area contributed by atoms with Gasteiger partial charge in [0, 0.05) is 12.5 Å². The van der Waals surface area contributed by atoms with Gasteiger partial charge in [0.05, 0.1) is 19.8 Å². The molecule has 4 rings (SSSR count). The fourth-order valence-corrected chi connectivity index (χ4v) is 4.46. The van der Waals surface area contributed by atoms with Gasteiger partial charge in [-0.3, -0.25) is 14.4 Å². The number of nitrogens with one attached hydrogen (secondary N) is 3. The Labute approximate surface area is 209 Å². The molecule has 1 aliphatic heterocycles. The number of pyridine rings is 1. The Morgan fingerprint density at radius 1 is 1.17 bits per heavy atom. The van der Waals surface area contributed by atoms with Crippen LogP contribution in [0.2, 0.25) is 0 Å². The second-order valence-corrected chi connectivity index (χ2v) is 9.63. The zero-order valence-corrected chi connectivity index (χ0v) is 20.6. The number of methoxy groups -OCH3 is 1. The summed E-state index contributed by atoms with van der Waals surface area (Å²) < 4.78 is 10.7. The number of allylic oxidation sites excluding steroid dienone is 1. The summed E-state index contributed by atoms with van der Waals surface area (Å²) in [6.07, 6.45) is 4.97. The number of amides is 2. The first-order valence-electron chi connectivity index (χ1n) is 12.2. The van der Waals surface area contributed by atoms with E-state index < -0.39 is 41.2 Å². The van der Waals surface area contributed by atoms with Crippen molar-refractivity contribution in [2.45, 2.75) is 62.8 Å². The number of ether oxygens (including phenoxy) is 2. The van der Waals surface area contributed by atoms with Crippen molar-refractivity contribution in [3.8, 4) is 5.75 Å². The first-order valence-corrected chi connectivity index (χ1v) is 12.2. The molecule has 2 aromatic rings. The Morgan fingerprint density at radius 3 is 2.53 bits per heavy atom. The second-order valence-electron chi connectivity index (χ2n) is 9.63. The third-order valence-corrected chi connectivity index (χ3v) is 6.78. The maximum atomic E-state index is 13.5. The van der Waals surface area contributed by atoms with E-state index in [0.717, 1.165) is 24.8 Å². The van der Waals surface area contributed by atoms with Gasteiger partial charge in [-0.1, -0.05) is 29.8 Å². The van der Waals surface area contributed by atoms with Crippen molar-refractivity contribution in [2.75, 3.05) is 13.7 Å².